The monoisotopic (exact) mass is 494 g/mol. The van der Waals surface area contributed by atoms with Crippen LogP contribution in [0.15, 0.2) is 65.8 Å². The number of hydrogen-bond donors (Lipinski definition) is 3. The molecular weight excluding hydrogens is 471 g/mol. The second-order valence-corrected chi connectivity index (χ2v) is 9.67. The number of pyridine rings is 1. The van der Waals surface area contributed by atoms with E-state index in [2.05, 4.69) is 25.0 Å². The van der Waals surface area contributed by atoms with E-state index in [1.54, 1.807) is 12.4 Å². The van der Waals surface area contributed by atoms with E-state index < -0.39 is 5.82 Å². The number of nitrogens with two attached hydrogens (primary N) is 1. The smallest absolute Gasteiger partial charge is 0.223 e. The molecule has 9 heteroatoms. The van der Waals surface area contributed by atoms with Gasteiger partial charge < -0.3 is 15.8 Å². The first-order valence-corrected chi connectivity index (χ1v) is 12.4. The van der Waals surface area contributed by atoms with Crippen molar-refractivity contribution in [1.82, 2.24) is 15.0 Å². The molecular formula is C25H24ClFN6S. The number of anilines is 2. The van der Waals surface area contributed by atoms with E-state index in [9.17, 15) is 4.39 Å². The van der Waals surface area contributed by atoms with E-state index in [1.807, 2.05) is 42.5 Å². The molecule has 0 amide bonds. The SMILES string of the molecule is NC1CCC(Nc2ncc3cc(-c4ncc(NSc5ccccc5Cl)cc4F)ccc3n2)CC1. The van der Waals surface area contributed by atoms with Crippen molar-refractivity contribution in [3.63, 3.8) is 0 Å². The summed E-state index contributed by atoms with van der Waals surface area (Å²) in [5, 5.41) is 4.87. The average molecular weight is 495 g/mol. The van der Waals surface area contributed by atoms with Crippen molar-refractivity contribution < 1.29 is 4.39 Å². The Hall–Kier alpha value is -2.94. The van der Waals surface area contributed by atoms with Crippen LogP contribution in [0.4, 0.5) is 16.0 Å². The van der Waals surface area contributed by atoms with Crippen LogP contribution in [-0.2, 0) is 0 Å². The van der Waals surface area contributed by atoms with Crippen LogP contribution in [0.25, 0.3) is 22.2 Å². The summed E-state index contributed by atoms with van der Waals surface area (Å²) in [4.78, 5) is 14.3. The van der Waals surface area contributed by atoms with Gasteiger partial charge in [0.15, 0.2) is 5.82 Å². The molecule has 174 valence electrons. The molecule has 0 atom stereocenters. The average Bonchev–Trinajstić information content (AvgIpc) is 2.85. The predicted molar refractivity (Wildman–Crippen MR) is 138 cm³/mol. The maximum Gasteiger partial charge on any atom is 0.223 e. The fourth-order valence-corrected chi connectivity index (χ4v) is 4.95. The highest BCUT2D eigenvalue weighted by molar-refractivity contribution is 8.00. The molecule has 0 saturated heterocycles. The van der Waals surface area contributed by atoms with Crippen molar-refractivity contribution in [2.45, 2.75) is 42.7 Å². The molecule has 1 aliphatic rings. The molecule has 0 unspecified atom stereocenters. The van der Waals surface area contributed by atoms with Gasteiger partial charge in [0.1, 0.15) is 5.69 Å². The fraction of sp³-hybridized carbons (Fsp3) is 0.240. The van der Waals surface area contributed by atoms with Gasteiger partial charge in [-0.05, 0) is 61.9 Å². The zero-order valence-corrected chi connectivity index (χ0v) is 19.9. The first-order valence-electron chi connectivity index (χ1n) is 11.2. The standard InChI is InChI=1S/C25H24ClFN6S/c26-20-3-1-2-4-23(20)34-33-19-12-21(27)24(29-14-19)15-5-10-22-16(11-15)13-30-25(32-22)31-18-8-6-17(28)7-9-18/h1-5,10-14,17-18,33H,6-9,28H2,(H,30,31,32). The molecule has 1 fully saturated rings. The molecule has 0 radical (unpaired) electrons. The topological polar surface area (TPSA) is 88.8 Å². The second kappa shape index (κ2) is 10.1. The van der Waals surface area contributed by atoms with Gasteiger partial charge in [0.2, 0.25) is 5.95 Å². The van der Waals surface area contributed by atoms with Gasteiger partial charge in [0.25, 0.3) is 0 Å². The lowest BCUT2D eigenvalue weighted by atomic mass is 9.92. The van der Waals surface area contributed by atoms with Crippen LogP contribution >= 0.6 is 23.5 Å². The summed E-state index contributed by atoms with van der Waals surface area (Å²) in [6.07, 6.45) is 7.44. The van der Waals surface area contributed by atoms with Crippen LogP contribution in [0, 0.1) is 5.82 Å². The van der Waals surface area contributed by atoms with Crippen molar-refractivity contribution in [2.24, 2.45) is 5.73 Å². The zero-order valence-electron chi connectivity index (χ0n) is 18.3. The third kappa shape index (κ3) is 5.24. The van der Waals surface area contributed by atoms with E-state index in [4.69, 9.17) is 17.3 Å². The molecule has 0 spiro atoms. The number of benzene rings is 2. The predicted octanol–water partition coefficient (Wildman–Crippen LogP) is 6.29. The van der Waals surface area contributed by atoms with Crippen LogP contribution in [0.5, 0.6) is 0 Å². The molecule has 2 heterocycles. The van der Waals surface area contributed by atoms with Gasteiger partial charge in [-0.2, -0.15) is 0 Å². The first kappa shape index (κ1) is 22.8. The molecule has 1 saturated carbocycles. The molecule has 2 aromatic heterocycles. The Labute approximate surface area is 206 Å². The Kier molecular flexibility index (Phi) is 6.80. The number of hydrogen-bond acceptors (Lipinski definition) is 7. The number of fused-ring (bicyclic) bond motifs is 1. The van der Waals surface area contributed by atoms with E-state index in [0.29, 0.717) is 34.3 Å². The quantitative estimate of drug-likeness (QED) is 0.271. The first-order chi connectivity index (χ1) is 16.5. The maximum absolute atomic E-state index is 14.9. The zero-order chi connectivity index (χ0) is 23.5. The minimum absolute atomic E-state index is 0.274. The van der Waals surface area contributed by atoms with Gasteiger partial charge in [-0.25, -0.2) is 14.4 Å². The highest BCUT2D eigenvalue weighted by Crippen LogP contribution is 2.30. The Balaban J connectivity index is 1.30. The molecule has 6 nitrogen and oxygen atoms in total. The summed E-state index contributed by atoms with van der Waals surface area (Å²) in [7, 11) is 0. The number of nitrogens with one attached hydrogen (secondary N) is 2. The lowest BCUT2D eigenvalue weighted by Crippen LogP contribution is -2.33. The van der Waals surface area contributed by atoms with E-state index in [1.165, 1.54) is 18.0 Å². The highest BCUT2D eigenvalue weighted by atomic mass is 35.5. The van der Waals surface area contributed by atoms with Crippen LogP contribution in [-0.4, -0.2) is 27.0 Å². The van der Waals surface area contributed by atoms with Crippen LogP contribution in [0.3, 0.4) is 0 Å². The van der Waals surface area contributed by atoms with Gasteiger partial charge in [-0.15, -0.1) is 0 Å². The third-order valence-corrected chi connectivity index (χ3v) is 7.27. The number of rotatable bonds is 6. The summed E-state index contributed by atoms with van der Waals surface area (Å²) in [5.74, 6) is 0.190. The van der Waals surface area contributed by atoms with Crippen molar-refractivity contribution in [3.05, 3.63) is 71.8 Å². The summed E-state index contributed by atoms with van der Waals surface area (Å²) >= 11 is 7.48. The number of nitrogens with zero attached hydrogens (tertiary/aromatic N) is 3. The van der Waals surface area contributed by atoms with Gasteiger partial charge >= 0.3 is 0 Å². The minimum Gasteiger partial charge on any atom is -0.351 e. The Morgan fingerprint density at radius 1 is 1.00 bits per heavy atom. The molecule has 2 aromatic carbocycles. The lowest BCUT2D eigenvalue weighted by Gasteiger charge is -2.26. The summed E-state index contributed by atoms with van der Waals surface area (Å²) in [6.45, 7) is 0. The van der Waals surface area contributed by atoms with Gasteiger partial charge in [0.05, 0.1) is 22.4 Å². The maximum atomic E-state index is 14.9. The highest BCUT2D eigenvalue weighted by Gasteiger charge is 2.19. The Bertz CT molecular complexity index is 1310. The summed E-state index contributed by atoms with van der Waals surface area (Å²) in [5.41, 5.74) is 8.28. The molecule has 5 rings (SSSR count). The lowest BCUT2D eigenvalue weighted by molar-refractivity contribution is 0.410. The van der Waals surface area contributed by atoms with Crippen LogP contribution in [0.1, 0.15) is 25.7 Å². The molecule has 4 N–H and O–H groups in total. The van der Waals surface area contributed by atoms with Crippen molar-refractivity contribution >= 4 is 46.1 Å². The van der Waals surface area contributed by atoms with Gasteiger partial charge in [-0.1, -0.05) is 29.8 Å². The largest absolute Gasteiger partial charge is 0.351 e. The molecule has 0 aliphatic heterocycles. The van der Waals surface area contributed by atoms with Gasteiger partial charge in [0, 0.05) is 40.2 Å². The fourth-order valence-electron chi connectivity index (χ4n) is 4.04. The molecule has 0 bridgehead atoms. The van der Waals surface area contributed by atoms with Crippen molar-refractivity contribution in [2.75, 3.05) is 10.0 Å². The summed E-state index contributed by atoms with van der Waals surface area (Å²) in [6, 6.07) is 15.1. The van der Waals surface area contributed by atoms with Crippen molar-refractivity contribution in [3.8, 4) is 11.3 Å². The summed E-state index contributed by atoms with van der Waals surface area (Å²) < 4.78 is 18.0. The minimum atomic E-state index is -0.418. The van der Waals surface area contributed by atoms with E-state index in [-0.39, 0.29) is 5.69 Å². The second-order valence-electron chi connectivity index (χ2n) is 8.41. The van der Waals surface area contributed by atoms with Crippen LogP contribution < -0.4 is 15.8 Å². The number of halogens is 2. The van der Waals surface area contributed by atoms with E-state index in [0.717, 1.165) is 41.5 Å². The van der Waals surface area contributed by atoms with Crippen LogP contribution in [0.2, 0.25) is 5.02 Å². The third-order valence-electron chi connectivity index (χ3n) is 5.91. The molecule has 1 aliphatic carbocycles. The normalized spacial score (nSPS) is 18.1. The molecule has 4 aromatic rings. The Morgan fingerprint density at radius 3 is 2.62 bits per heavy atom. The number of aromatic nitrogens is 3. The Morgan fingerprint density at radius 2 is 1.82 bits per heavy atom. The van der Waals surface area contributed by atoms with Crippen molar-refractivity contribution in [1.29, 1.82) is 0 Å². The van der Waals surface area contributed by atoms with E-state index >= 15 is 0 Å². The molecule has 34 heavy (non-hydrogen) atoms. The van der Waals surface area contributed by atoms with Gasteiger partial charge in [-0.3, -0.25) is 4.98 Å².